The fraction of sp³-hybridized carbons (Fsp3) is 0.500. The van der Waals surface area contributed by atoms with Crippen LogP contribution in [0, 0.1) is 0 Å². The molecule has 66 valence electrons. The molecule has 5 nitrogen and oxygen atoms in total. The second-order valence-corrected chi connectivity index (χ2v) is 3.16. The van der Waals surface area contributed by atoms with Crippen molar-refractivity contribution in [3.8, 4) is 0 Å². The Morgan fingerprint density at radius 2 is 2.25 bits per heavy atom. The van der Waals surface area contributed by atoms with E-state index in [0.29, 0.717) is 6.42 Å². The summed E-state index contributed by atoms with van der Waals surface area (Å²) in [5.41, 5.74) is 0. The summed E-state index contributed by atoms with van der Waals surface area (Å²) in [6.07, 6.45) is 0.301. The first kappa shape index (κ1) is 8.92. The first-order chi connectivity index (χ1) is 5.76. The number of hydrogen-bond acceptors (Lipinski definition) is 5. The number of likely N-dealkylation sites (N-methyl/N-ethyl adjacent to an activating group) is 1. The third-order valence-corrected chi connectivity index (χ3v) is 2.21. The predicted molar refractivity (Wildman–Crippen MR) is 47.2 cm³/mol. The lowest BCUT2D eigenvalue weighted by atomic mass is 10.4. The molecule has 0 saturated carbocycles. The van der Waals surface area contributed by atoms with Crippen LogP contribution in [-0.4, -0.2) is 30.2 Å². The summed E-state index contributed by atoms with van der Waals surface area (Å²) in [5.74, 6) is -0.0474. The van der Waals surface area contributed by atoms with Crippen molar-refractivity contribution < 1.29 is 4.79 Å². The Balaban J connectivity index is 2.58. The van der Waals surface area contributed by atoms with Crippen molar-refractivity contribution in [1.82, 2.24) is 15.5 Å². The highest BCUT2D eigenvalue weighted by atomic mass is 32.1. The average molecular weight is 186 g/mol. The third kappa shape index (κ3) is 2.16. The second-order valence-electron chi connectivity index (χ2n) is 2.10. The molecule has 0 radical (unpaired) electrons. The van der Waals surface area contributed by atoms with Gasteiger partial charge in [-0.15, -0.1) is 10.2 Å². The fourth-order valence-corrected chi connectivity index (χ4v) is 1.34. The topological polar surface area (TPSA) is 66.9 Å². The number of carbonyl (C=O) groups is 1. The predicted octanol–water partition coefficient (Wildman–Crippen LogP) is -0.132. The van der Waals surface area contributed by atoms with Gasteiger partial charge in [-0.3, -0.25) is 4.79 Å². The molecule has 0 unspecified atom stereocenters. The van der Waals surface area contributed by atoms with E-state index in [0.717, 1.165) is 10.1 Å². The molecule has 2 N–H and O–H groups in total. The zero-order valence-electron chi connectivity index (χ0n) is 6.92. The highest BCUT2D eigenvalue weighted by Gasteiger charge is 2.06. The number of amides is 1. The van der Waals surface area contributed by atoms with Crippen LogP contribution in [0.5, 0.6) is 0 Å². The largest absolute Gasteiger partial charge is 0.363 e. The molecule has 12 heavy (non-hydrogen) atoms. The quantitative estimate of drug-likeness (QED) is 0.690. The standard InChI is InChI=1S/C6H10N4OS/c1-7-4(11)3-5-9-10-6(8-2)12-5/h3H2,1-2H3,(H,7,11)(H,8,10). The Labute approximate surface area is 74.2 Å². The maximum Gasteiger partial charge on any atom is 0.226 e. The van der Waals surface area contributed by atoms with Crippen LogP contribution in [0.4, 0.5) is 5.13 Å². The van der Waals surface area contributed by atoms with Crippen molar-refractivity contribution in [1.29, 1.82) is 0 Å². The average Bonchev–Trinajstić information content (AvgIpc) is 2.52. The van der Waals surface area contributed by atoms with Crippen LogP contribution in [0.25, 0.3) is 0 Å². The van der Waals surface area contributed by atoms with Gasteiger partial charge in [0.25, 0.3) is 0 Å². The lowest BCUT2D eigenvalue weighted by molar-refractivity contribution is -0.119. The molecule has 1 rings (SSSR count). The molecule has 1 aromatic rings. The van der Waals surface area contributed by atoms with Crippen LogP contribution < -0.4 is 10.6 Å². The Bertz CT molecular complexity index is 272. The maximum absolute atomic E-state index is 10.9. The van der Waals surface area contributed by atoms with E-state index in [1.165, 1.54) is 11.3 Å². The van der Waals surface area contributed by atoms with Gasteiger partial charge in [0.05, 0.1) is 6.42 Å². The number of rotatable bonds is 3. The van der Waals surface area contributed by atoms with Crippen molar-refractivity contribution in [3.05, 3.63) is 5.01 Å². The minimum absolute atomic E-state index is 0.0474. The fourth-order valence-electron chi connectivity index (χ4n) is 0.652. The molecule has 1 amide bonds. The van der Waals surface area contributed by atoms with Crippen LogP contribution in [-0.2, 0) is 11.2 Å². The van der Waals surface area contributed by atoms with E-state index in [-0.39, 0.29) is 5.91 Å². The summed E-state index contributed by atoms with van der Waals surface area (Å²) in [6, 6.07) is 0. The van der Waals surface area contributed by atoms with Crippen molar-refractivity contribution in [2.24, 2.45) is 0 Å². The Morgan fingerprint density at radius 1 is 1.50 bits per heavy atom. The monoisotopic (exact) mass is 186 g/mol. The molecule has 0 aliphatic carbocycles. The molecule has 0 saturated heterocycles. The molecule has 1 heterocycles. The van der Waals surface area contributed by atoms with Crippen LogP contribution in [0.3, 0.4) is 0 Å². The lowest BCUT2D eigenvalue weighted by Gasteiger charge is -1.92. The third-order valence-electron chi connectivity index (χ3n) is 1.27. The minimum Gasteiger partial charge on any atom is -0.363 e. The maximum atomic E-state index is 10.9. The van der Waals surface area contributed by atoms with E-state index in [1.54, 1.807) is 14.1 Å². The molecule has 0 atom stereocenters. The number of nitrogens with one attached hydrogen (secondary N) is 2. The van der Waals surface area contributed by atoms with E-state index in [2.05, 4.69) is 20.8 Å². The van der Waals surface area contributed by atoms with Crippen LogP contribution >= 0.6 is 11.3 Å². The molecular formula is C6H10N4OS. The zero-order chi connectivity index (χ0) is 8.97. The molecule has 1 aromatic heterocycles. The molecule has 0 aromatic carbocycles. The molecule has 6 heteroatoms. The van der Waals surface area contributed by atoms with Gasteiger partial charge in [0.15, 0.2) is 0 Å². The van der Waals surface area contributed by atoms with Gasteiger partial charge in [0.1, 0.15) is 5.01 Å². The Kier molecular flexibility index (Phi) is 2.98. The van der Waals surface area contributed by atoms with E-state index in [4.69, 9.17) is 0 Å². The van der Waals surface area contributed by atoms with E-state index >= 15 is 0 Å². The van der Waals surface area contributed by atoms with Gasteiger partial charge in [-0.2, -0.15) is 0 Å². The molecule has 0 bridgehead atoms. The molecule has 0 aliphatic rings. The van der Waals surface area contributed by atoms with Gasteiger partial charge in [0, 0.05) is 14.1 Å². The summed E-state index contributed by atoms with van der Waals surface area (Å²) in [6.45, 7) is 0. The van der Waals surface area contributed by atoms with Crippen molar-refractivity contribution >= 4 is 22.4 Å². The van der Waals surface area contributed by atoms with Gasteiger partial charge in [0.2, 0.25) is 11.0 Å². The summed E-state index contributed by atoms with van der Waals surface area (Å²) in [5, 5.41) is 14.4. The van der Waals surface area contributed by atoms with Crippen LogP contribution in [0.15, 0.2) is 0 Å². The van der Waals surface area contributed by atoms with Crippen molar-refractivity contribution in [2.45, 2.75) is 6.42 Å². The number of hydrogen-bond donors (Lipinski definition) is 2. The van der Waals surface area contributed by atoms with Crippen LogP contribution in [0.2, 0.25) is 0 Å². The van der Waals surface area contributed by atoms with E-state index < -0.39 is 0 Å². The number of aromatic nitrogens is 2. The van der Waals surface area contributed by atoms with E-state index in [1.807, 2.05) is 0 Å². The van der Waals surface area contributed by atoms with Gasteiger partial charge in [-0.1, -0.05) is 11.3 Å². The Morgan fingerprint density at radius 3 is 2.75 bits per heavy atom. The minimum atomic E-state index is -0.0474. The molecule has 0 fully saturated rings. The summed E-state index contributed by atoms with van der Waals surface area (Å²) >= 11 is 1.38. The summed E-state index contributed by atoms with van der Waals surface area (Å²) < 4.78 is 0. The number of carbonyl (C=O) groups excluding carboxylic acids is 1. The highest BCUT2D eigenvalue weighted by Crippen LogP contribution is 2.14. The normalized spacial score (nSPS) is 9.50. The number of anilines is 1. The van der Waals surface area contributed by atoms with E-state index in [9.17, 15) is 4.79 Å². The molecule has 0 spiro atoms. The lowest BCUT2D eigenvalue weighted by Crippen LogP contribution is -2.19. The Hall–Kier alpha value is -1.17. The van der Waals surface area contributed by atoms with Gasteiger partial charge in [-0.05, 0) is 0 Å². The molecular weight excluding hydrogens is 176 g/mol. The van der Waals surface area contributed by atoms with Crippen LogP contribution in [0.1, 0.15) is 5.01 Å². The number of nitrogens with zero attached hydrogens (tertiary/aromatic N) is 2. The first-order valence-electron chi connectivity index (χ1n) is 3.47. The van der Waals surface area contributed by atoms with Crippen molar-refractivity contribution in [3.63, 3.8) is 0 Å². The molecule has 0 aliphatic heterocycles. The zero-order valence-corrected chi connectivity index (χ0v) is 7.73. The highest BCUT2D eigenvalue weighted by molar-refractivity contribution is 7.15. The van der Waals surface area contributed by atoms with Gasteiger partial charge in [-0.25, -0.2) is 0 Å². The summed E-state index contributed by atoms with van der Waals surface area (Å²) in [4.78, 5) is 10.9. The van der Waals surface area contributed by atoms with Gasteiger partial charge < -0.3 is 10.6 Å². The first-order valence-corrected chi connectivity index (χ1v) is 4.28. The van der Waals surface area contributed by atoms with Gasteiger partial charge >= 0.3 is 0 Å². The van der Waals surface area contributed by atoms with Crippen molar-refractivity contribution in [2.75, 3.05) is 19.4 Å². The smallest absolute Gasteiger partial charge is 0.226 e. The SMILES string of the molecule is CNC(=O)Cc1nnc(NC)s1. The second kappa shape index (κ2) is 4.01. The summed E-state index contributed by atoms with van der Waals surface area (Å²) in [7, 11) is 3.37.